The molecule has 0 atom stereocenters. The summed E-state index contributed by atoms with van der Waals surface area (Å²) in [6, 6.07) is 14.5. The van der Waals surface area contributed by atoms with Crippen molar-refractivity contribution in [1.29, 1.82) is 0 Å². The van der Waals surface area contributed by atoms with Gasteiger partial charge in [-0.25, -0.2) is 0 Å². The molecule has 0 aliphatic heterocycles. The van der Waals surface area contributed by atoms with Gasteiger partial charge in [0.25, 0.3) is 5.56 Å². The Morgan fingerprint density at radius 1 is 1.17 bits per heavy atom. The summed E-state index contributed by atoms with van der Waals surface area (Å²) in [6.45, 7) is 3.88. The van der Waals surface area contributed by atoms with Crippen molar-refractivity contribution < 1.29 is 9.47 Å². The lowest BCUT2D eigenvalue weighted by Gasteiger charge is -2.13. The van der Waals surface area contributed by atoms with Gasteiger partial charge in [-0.2, -0.15) is 14.9 Å². The molecule has 1 heterocycles. The van der Waals surface area contributed by atoms with Gasteiger partial charge in [-0.05, 0) is 49.7 Å². The normalized spacial score (nSPS) is 11.1. The first-order valence-corrected chi connectivity index (χ1v) is 9.34. The van der Waals surface area contributed by atoms with E-state index in [9.17, 15) is 4.79 Å². The third-order valence-electron chi connectivity index (χ3n) is 3.87. The van der Waals surface area contributed by atoms with Crippen molar-refractivity contribution in [1.82, 2.24) is 9.78 Å². The van der Waals surface area contributed by atoms with Crippen LogP contribution in [0.15, 0.2) is 64.6 Å². The molecule has 0 aliphatic carbocycles. The van der Waals surface area contributed by atoms with Crippen molar-refractivity contribution in [3.8, 4) is 17.2 Å². The van der Waals surface area contributed by atoms with Gasteiger partial charge < -0.3 is 9.47 Å². The van der Waals surface area contributed by atoms with Crippen LogP contribution < -0.4 is 20.5 Å². The lowest BCUT2D eigenvalue weighted by molar-refractivity contribution is 0.230. The number of hydrogen-bond donors (Lipinski definition) is 1. The number of anilines is 1. The Morgan fingerprint density at radius 3 is 2.62 bits per heavy atom. The number of hydrazone groups is 1. The fraction of sp³-hybridized carbons (Fsp3) is 0.190. The van der Waals surface area contributed by atoms with E-state index in [2.05, 4.69) is 15.6 Å². The number of aromatic nitrogens is 2. The second kappa shape index (κ2) is 9.25. The Kier molecular flexibility index (Phi) is 6.51. The molecule has 3 aromatic rings. The van der Waals surface area contributed by atoms with Crippen molar-refractivity contribution in [3.05, 3.63) is 75.7 Å². The summed E-state index contributed by atoms with van der Waals surface area (Å²) < 4.78 is 12.3. The molecule has 0 bridgehead atoms. The van der Waals surface area contributed by atoms with E-state index in [1.54, 1.807) is 31.5 Å². The predicted molar refractivity (Wildman–Crippen MR) is 115 cm³/mol. The SMILES string of the molecule is COc1ccc(/C=N\Nc2cnn(-c3ccccc3)c(=O)c2Cl)cc1OC(C)C. The maximum absolute atomic E-state index is 12.5. The number of nitrogens with one attached hydrogen (secondary N) is 1. The molecule has 0 amide bonds. The molecule has 7 nitrogen and oxygen atoms in total. The molecule has 0 saturated heterocycles. The summed E-state index contributed by atoms with van der Waals surface area (Å²) >= 11 is 6.21. The van der Waals surface area contributed by atoms with Gasteiger partial charge in [0.15, 0.2) is 11.5 Å². The first kappa shape index (κ1) is 20.4. The zero-order valence-electron chi connectivity index (χ0n) is 16.3. The fourth-order valence-corrected chi connectivity index (χ4v) is 2.73. The van der Waals surface area contributed by atoms with Crippen LogP contribution in [0.2, 0.25) is 5.02 Å². The number of nitrogens with zero attached hydrogens (tertiary/aromatic N) is 3. The Balaban J connectivity index is 1.79. The molecule has 150 valence electrons. The van der Waals surface area contributed by atoms with Gasteiger partial charge in [-0.3, -0.25) is 10.2 Å². The molecule has 0 unspecified atom stereocenters. The van der Waals surface area contributed by atoms with E-state index in [0.29, 0.717) is 22.9 Å². The van der Waals surface area contributed by atoms with E-state index < -0.39 is 5.56 Å². The monoisotopic (exact) mass is 412 g/mol. The zero-order chi connectivity index (χ0) is 20.8. The van der Waals surface area contributed by atoms with Gasteiger partial charge in [-0.1, -0.05) is 29.8 Å². The predicted octanol–water partition coefficient (Wildman–Crippen LogP) is 4.13. The molecular formula is C21H21ClN4O3. The van der Waals surface area contributed by atoms with Crippen molar-refractivity contribution in [2.24, 2.45) is 5.10 Å². The van der Waals surface area contributed by atoms with E-state index in [4.69, 9.17) is 21.1 Å². The van der Waals surface area contributed by atoms with Gasteiger partial charge in [0, 0.05) is 0 Å². The highest BCUT2D eigenvalue weighted by Crippen LogP contribution is 2.28. The highest BCUT2D eigenvalue weighted by atomic mass is 35.5. The average Bonchev–Trinajstić information content (AvgIpc) is 2.72. The van der Waals surface area contributed by atoms with Crippen molar-refractivity contribution in [3.63, 3.8) is 0 Å². The molecule has 0 spiro atoms. The first-order valence-electron chi connectivity index (χ1n) is 8.96. The van der Waals surface area contributed by atoms with Crippen molar-refractivity contribution in [2.75, 3.05) is 12.5 Å². The number of halogens is 1. The van der Waals surface area contributed by atoms with Crippen LogP contribution in [0.1, 0.15) is 19.4 Å². The number of benzene rings is 2. The van der Waals surface area contributed by atoms with Crippen LogP contribution in [0.5, 0.6) is 11.5 Å². The lowest BCUT2D eigenvalue weighted by Crippen LogP contribution is -2.22. The number of rotatable bonds is 7. The highest BCUT2D eigenvalue weighted by Gasteiger charge is 2.10. The minimum Gasteiger partial charge on any atom is -0.493 e. The summed E-state index contributed by atoms with van der Waals surface area (Å²) in [5.74, 6) is 1.26. The summed E-state index contributed by atoms with van der Waals surface area (Å²) in [5, 5.41) is 8.30. The molecular weight excluding hydrogens is 392 g/mol. The average molecular weight is 413 g/mol. The summed E-state index contributed by atoms with van der Waals surface area (Å²) in [4.78, 5) is 12.5. The molecule has 3 rings (SSSR count). The molecule has 0 radical (unpaired) electrons. The minimum absolute atomic E-state index is 0.000404. The minimum atomic E-state index is -0.435. The quantitative estimate of drug-likeness (QED) is 0.466. The first-order chi connectivity index (χ1) is 14.0. The van der Waals surface area contributed by atoms with Gasteiger partial charge in [0.2, 0.25) is 0 Å². The van der Waals surface area contributed by atoms with Crippen LogP contribution in [0.4, 0.5) is 5.69 Å². The molecule has 0 aliphatic rings. The van der Waals surface area contributed by atoms with E-state index >= 15 is 0 Å². The van der Waals surface area contributed by atoms with E-state index in [1.165, 1.54) is 10.9 Å². The summed E-state index contributed by atoms with van der Waals surface area (Å²) in [7, 11) is 1.59. The lowest BCUT2D eigenvalue weighted by atomic mass is 10.2. The molecule has 29 heavy (non-hydrogen) atoms. The number of hydrogen-bond acceptors (Lipinski definition) is 6. The number of para-hydroxylation sites is 1. The van der Waals surface area contributed by atoms with Crippen molar-refractivity contribution >= 4 is 23.5 Å². The molecule has 1 N–H and O–H groups in total. The molecule has 0 saturated carbocycles. The fourth-order valence-electron chi connectivity index (χ4n) is 2.56. The maximum atomic E-state index is 12.5. The van der Waals surface area contributed by atoms with Crippen LogP contribution in [0.3, 0.4) is 0 Å². The number of ether oxygens (including phenoxy) is 2. The third kappa shape index (κ3) is 4.94. The van der Waals surface area contributed by atoms with Gasteiger partial charge >= 0.3 is 0 Å². The third-order valence-corrected chi connectivity index (χ3v) is 4.23. The van der Waals surface area contributed by atoms with E-state index in [0.717, 1.165) is 5.56 Å². The molecule has 2 aromatic carbocycles. The van der Waals surface area contributed by atoms with Crippen LogP contribution >= 0.6 is 11.6 Å². The summed E-state index contributed by atoms with van der Waals surface area (Å²) in [5.41, 5.74) is 4.05. The zero-order valence-corrected chi connectivity index (χ0v) is 17.1. The van der Waals surface area contributed by atoms with Crippen LogP contribution in [-0.4, -0.2) is 29.2 Å². The van der Waals surface area contributed by atoms with Gasteiger partial charge in [0.05, 0.1) is 31.3 Å². The van der Waals surface area contributed by atoms with Crippen molar-refractivity contribution in [2.45, 2.75) is 20.0 Å². The second-order valence-corrected chi connectivity index (χ2v) is 6.75. The van der Waals surface area contributed by atoms with Crippen LogP contribution in [0.25, 0.3) is 5.69 Å². The Hall–Kier alpha value is -3.32. The standard InChI is InChI=1S/C21H21ClN4O3/c1-14(2)29-19-11-15(9-10-18(19)28-3)12-23-25-17-13-24-26(21(27)20(17)22)16-7-5-4-6-8-16/h4-14,25H,1-3H3/b23-12-. The topological polar surface area (TPSA) is 77.7 Å². The Morgan fingerprint density at radius 2 is 1.93 bits per heavy atom. The molecule has 1 aromatic heterocycles. The highest BCUT2D eigenvalue weighted by molar-refractivity contribution is 6.32. The largest absolute Gasteiger partial charge is 0.493 e. The smallest absolute Gasteiger partial charge is 0.292 e. The molecule has 8 heteroatoms. The van der Waals surface area contributed by atoms with E-state index in [-0.39, 0.29) is 11.1 Å². The number of methoxy groups -OCH3 is 1. The van der Waals surface area contributed by atoms with Gasteiger partial charge in [-0.15, -0.1) is 0 Å². The van der Waals surface area contributed by atoms with Crippen LogP contribution in [0, 0.1) is 0 Å². The van der Waals surface area contributed by atoms with Gasteiger partial charge in [0.1, 0.15) is 10.7 Å². The second-order valence-electron chi connectivity index (χ2n) is 6.37. The maximum Gasteiger partial charge on any atom is 0.292 e. The van der Waals surface area contributed by atoms with Crippen LogP contribution in [-0.2, 0) is 0 Å². The summed E-state index contributed by atoms with van der Waals surface area (Å²) in [6.07, 6.45) is 3.05. The molecule has 0 fully saturated rings. The Bertz CT molecular complexity index is 1070. The van der Waals surface area contributed by atoms with E-state index in [1.807, 2.05) is 44.2 Å². The Labute approximate surface area is 173 Å².